The van der Waals surface area contributed by atoms with E-state index in [0.29, 0.717) is 36.2 Å². The van der Waals surface area contributed by atoms with Gasteiger partial charge >= 0.3 is 0 Å². The normalized spacial score (nSPS) is 17.9. The fourth-order valence-corrected chi connectivity index (χ4v) is 5.98. The quantitative estimate of drug-likeness (QED) is 0.408. The minimum atomic E-state index is -0.942. The number of likely N-dealkylation sites (tertiary alicyclic amines) is 1. The molecule has 2 heterocycles. The van der Waals surface area contributed by atoms with Crippen molar-refractivity contribution in [2.45, 2.75) is 57.0 Å². The molecule has 3 N–H and O–H groups in total. The van der Waals surface area contributed by atoms with Crippen molar-refractivity contribution < 1.29 is 27.6 Å². The lowest BCUT2D eigenvalue weighted by Crippen LogP contribution is -2.48. The Bertz CT molecular complexity index is 1450. The highest BCUT2D eigenvalue weighted by Crippen LogP contribution is 2.32. The van der Waals surface area contributed by atoms with E-state index in [9.17, 15) is 27.6 Å². The molecule has 214 valence electrons. The number of rotatable bonds is 8. The Morgan fingerprint density at radius 3 is 2.41 bits per heavy atom. The van der Waals surface area contributed by atoms with E-state index >= 15 is 0 Å². The van der Waals surface area contributed by atoms with Gasteiger partial charge in [0, 0.05) is 30.3 Å². The average molecular weight is 565 g/mol. The van der Waals surface area contributed by atoms with E-state index in [0.717, 1.165) is 37.8 Å². The lowest BCUT2D eigenvalue weighted by Gasteiger charge is -2.29. The largest absolute Gasteiger partial charge is 0.366 e. The number of hydrogen-bond acceptors (Lipinski definition) is 4. The summed E-state index contributed by atoms with van der Waals surface area (Å²) in [5.41, 5.74) is 6.57. The van der Waals surface area contributed by atoms with Gasteiger partial charge in [0.1, 0.15) is 23.5 Å². The molecule has 2 unspecified atom stereocenters. The molecule has 1 aliphatic heterocycles. The van der Waals surface area contributed by atoms with Crippen LogP contribution in [0.2, 0.25) is 0 Å². The van der Waals surface area contributed by atoms with E-state index in [4.69, 9.17) is 5.73 Å². The molecule has 1 aliphatic carbocycles. The fraction of sp³-hybridized carbons (Fsp3) is 0.355. The minimum absolute atomic E-state index is 0.00674. The zero-order valence-electron chi connectivity index (χ0n) is 22.4. The first-order valence-corrected chi connectivity index (χ1v) is 13.8. The molecule has 0 radical (unpaired) electrons. The van der Waals surface area contributed by atoms with Gasteiger partial charge in [-0.15, -0.1) is 0 Å². The minimum Gasteiger partial charge on any atom is -0.366 e. The topological polar surface area (TPSA) is 105 Å². The van der Waals surface area contributed by atoms with Crippen LogP contribution >= 0.6 is 0 Å². The molecule has 2 aliphatic rings. The van der Waals surface area contributed by atoms with E-state index in [1.165, 1.54) is 30.5 Å². The molecular formula is C31H31F3N4O3. The Kier molecular flexibility index (Phi) is 8.37. The molecule has 3 amide bonds. The van der Waals surface area contributed by atoms with Crippen LogP contribution in [0.5, 0.6) is 0 Å². The van der Waals surface area contributed by atoms with Gasteiger partial charge in [-0.1, -0.05) is 25.0 Å². The molecule has 2 fully saturated rings. The second kappa shape index (κ2) is 12.1. The van der Waals surface area contributed by atoms with Gasteiger partial charge in [0.2, 0.25) is 11.8 Å². The van der Waals surface area contributed by atoms with Crippen molar-refractivity contribution >= 4 is 17.7 Å². The fourth-order valence-electron chi connectivity index (χ4n) is 5.98. The molecule has 1 saturated carbocycles. The number of hydrogen-bond donors (Lipinski definition) is 2. The first-order valence-electron chi connectivity index (χ1n) is 13.8. The summed E-state index contributed by atoms with van der Waals surface area (Å²) in [6.07, 6.45) is 6.32. The van der Waals surface area contributed by atoms with Crippen molar-refractivity contribution in [3.63, 3.8) is 0 Å². The van der Waals surface area contributed by atoms with Crippen LogP contribution in [0, 0.1) is 23.4 Å². The van der Waals surface area contributed by atoms with Gasteiger partial charge in [0.15, 0.2) is 0 Å². The molecule has 2 atom stereocenters. The van der Waals surface area contributed by atoms with Gasteiger partial charge in [-0.25, -0.2) is 13.2 Å². The molecule has 1 aromatic heterocycles. The highest BCUT2D eigenvalue weighted by molar-refractivity contribution is 5.94. The van der Waals surface area contributed by atoms with Crippen LogP contribution in [0.3, 0.4) is 0 Å². The standard InChI is InChI=1S/C31H31F3N4O3/c32-21-13-18(14-22(33)17-21)15-26(37-30(40)27-8-4-12-38(27)31(41)19-5-1-2-6-19)28-23(7-3-11-36-28)20-9-10-25(34)24(16-20)29(35)39/h3,7,9-11,13-14,16-17,19,26-27H,1-2,4-6,8,12,15H2,(H2,35,39)(H,37,40). The molecule has 2 aromatic carbocycles. The first kappa shape index (κ1) is 28.3. The van der Waals surface area contributed by atoms with E-state index in [2.05, 4.69) is 10.3 Å². The van der Waals surface area contributed by atoms with Crippen LogP contribution in [-0.2, 0) is 16.0 Å². The van der Waals surface area contributed by atoms with Gasteiger partial charge in [0.05, 0.1) is 17.3 Å². The van der Waals surface area contributed by atoms with Gasteiger partial charge in [0.25, 0.3) is 5.91 Å². The van der Waals surface area contributed by atoms with E-state index in [1.54, 1.807) is 17.0 Å². The molecule has 0 spiro atoms. The summed E-state index contributed by atoms with van der Waals surface area (Å²) < 4.78 is 42.5. The maximum absolute atomic E-state index is 14.2. The molecule has 5 rings (SSSR count). The summed E-state index contributed by atoms with van der Waals surface area (Å²) in [6, 6.07) is 8.80. The van der Waals surface area contributed by atoms with Gasteiger partial charge in [-0.3, -0.25) is 19.4 Å². The van der Waals surface area contributed by atoms with E-state index < -0.39 is 35.4 Å². The molecule has 3 aromatic rings. The number of amides is 3. The monoisotopic (exact) mass is 564 g/mol. The maximum Gasteiger partial charge on any atom is 0.251 e. The highest BCUT2D eigenvalue weighted by Gasteiger charge is 2.38. The van der Waals surface area contributed by atoms with Crippen molar-refractivity contribution in [2.24, 2.45) is 11.7 Å². The predicted molar refractivity (Wildman–Crippen MR) is 146 cm³/mol. The lowest BCUT2D eigenvalue weighted by atomic mass is 9.94. The first-order chi connectivity index (χ1) is 19.7. The van der Waals surface area contributed by atoms with E-state index in [1.807, 2.05) is 0 Å². The summed E-state index contributed by atoms with van der Waals surface area (Å²) >= 11 is 0. The van der Waals surface area contributed by atoms with Crippen molar-refractivity contribution in [2.75, 3.05) is 6.54 Å². The average Bonchev–Trinajstić information content (AvgIpc) is 3.65. The molecular weight excluding hydrogens is 533 g/mol. The predicted octanol–water partition coefficient (Wildman–Crippen LogP) is 4.85. The van der Waals surface area contributed by atoms with E-state index in [-0.39, 0.29) is 35.3 Å². The summed E-state index contributed by atoms with van der Waals surface area (Å²) in [7, 11) is 0. The number of carbonyl (C=O) groups excluding carboxylic acids is 3. The number of nitrogens with one attached hydrogen (secondary N) is 1. The van der Waals surface area contributed by atoms with Crippen LogP contribution in [0.4, 0.5) is 13.2 Å². The number of nitrogens with two attached hydrogens (primary N) is 1. The van der Waals surface area contributed by atoms with Crippen LogP contribution in [0.25, 0.3) is 11.1 Å². The third-order valence-electron chi connectivity index (χ3n) is 7.93. The van der Waals surface area contributed by atoms with Crippen LogP contribution in [0.15, 0.2) is 54.7 Å². The lowest BCUT2D eigenvalue weighted by molar-refractivity contribution is -0.141. The number of halogens is 3. The summed E-state index contributed by atoms with van der Waals surface area (Å²) in [5, 5.41) is 2.99. The Hall–Kier alpha value is -4.21. The van der Waals surface area contributed by atoms with Crippen molar-refractivity contribution in [3.05, 3.63) is 89.0 Å². The summed E-state index contributed by atoms with van der Waals surface area (Å²) in [5.74, 6) is -3.71. The maximum atomic E-state index is 14.2. The molecule has 1 saturated heterocycles. The Morgan fingerprint density at radius 2 is 1.71 bits per heavy atom. The smallest absolute Gasteiger partial charge is 0.251 e. The number of aromatic nitrogens is 1. The molecule has 41 heavy (non-hydrogen) atoms. The third-order valence-corrected chi connectivity index (χ3v) is 7.93. The Morgan fingerprint density at radius 1 is 0.976 bits per heavy atom. The second-order valence-corrected chi connectivity index (χ2v) is 10.7. The third kappa shape index (κ3) is 6.26. The molecule has 7 nitrogen and oxygen atoms in total. The van der Waals surface area contributed by atoms with Crippen molar-refractivity contribution in [1.82, 2.24) is 15.2 Å². The highest BCUT2D eigenvalue weighted by atomic mass is 19.1. The number of nitrogens with zero attached hydrogens (tertiary/aromatic N) is 2. The zero-order valence-corrected chi connectivity index (χ0v) is 22.4. The Labute approximate surface area is 235 Å². The summed E-state index contributed by atoms with van der Waals surface area (Å²) in [4.78, 5) is 44.9. The van der Waals surface area contributed by atoms with Gasteiger partial charge < -0.3 is 16.0 Å². The number of pyridine rings is 1. The van der Waals surface area contributed by atoms with Crippen LogP contribution in [-0.4, -0.2) is 40.2 Å². The molecule has 0 bridgehead atoms. The van der Waals surface area contributed by atoms with Crippen molar-refractivity contribution in [1.29, 1.82) is 0 Å². The number of carbonyl (C=O) groups is 3. The van der Waals surface area contributed by atoms with Gasteiger partial charge in [-0.2, -0.15) is 0 Å². The number of benzene rings is 2. The van der Waals surface area contributed by atoms with Crippen LogP contribution < -0.4 is 11.1 Å². The summed E-state index contributed by atoms with van der Waals surface area (Å²) in [6.45, 7) is 0.494. The second-order valence-electron chi connectivity index (χ2n) is 10.7. The Balaban J connectivity index is 1.50. The van der Waals surface area contributed by atoms with Crippen LogP contribution in [0.1, 0.15) is 66.2 Å². The van der Waals surface area contributed by atoms with Gasteiger partial charge in [-0.05, 0) is 73.6 Å². The van der Waals surface area contributed by atoms with Crippen molar-refractivity contribution in [3.8, 4) is 11.1 Å². The SMILES string of the molecule is NC(=O)c1cc(-c2cccnc2C(Cc2cc(F)cc(F)c2)NC(=O)C2CCCN2C(=O)C2CCCC2)ccc1F. The molecule has 10 heteroatoms. The number of primary amides is 1. The zero-order chi connectivity index (χ0) is 29.1.